The summed E-state index contributed by atoms with van der Waals surface area (Å²) in [5.41, 5.74) is 1.23. The van der Waals surface area contributed by atoms with Gasteiger partial charge in [-0.05, 0) is 24.3 Å². The van der Waals surface area contributed by atoms with E-state index >= 15 is 0 Å². The van der Waals surface area contributed by atoms with Crippen molar-refractivity contribution in [2.45, 2.75) is 6.42 Å². The van der Waals surface area contributed by atoms with E-state index in [1.165, 1.54) is 0 Å². The first kappa shape index (κ1) is 12.3. The third-order valence-electron chi connectivity index (χ3n) is 2.92. The van der Waals surface area contributed by atoms with Crippen LogP contribution in [-0.2, 0) is 6.42 Å². The van der Waals surface area contributed by atoms with E-state index in [2.05, 4.69) is 15.3 Å². The number of hydrogen-bond acceptors (Lipinski definition) is 5. The van der Waals surface area contributed by atoms with Gasteiger partial charge in [0.1, 0.15) is 0 Å². The Morgan fingerprint density at radius 3 is 2.80 bits per heavy atom. The summed E-state index contributed by atoms with van der Waals surface area (Å²) in [6, 6.07) is 13.1. The molecule has 0 amide bonds. The van der Waals surface area contributed by atoms with Crippen molar-refractivity contribution in [1.29, 1.82) is 0 Å². The summed E-state index contributed by atoms with van der Waals surface area (Å²) in [6.45, 7) is 0.602. The number of nitrogens with zero attached hydrogens (tertiary/aromatic N) is 2. The van der Waals surface area contributed by atoms with Crippen LogP contribution in [0.25, 0.3) is 10.9 Å². The lowest BCUT2D eigenvalue weighted by atomic mass is 10.2. The van der Waals surface area contributed by atoms with E-state index in [0.29, 0.717) is 17.4 Å². The quantitative estimate of drug-likeness (QED) is 0.785. The van der Waals surface area contributed by atoms with Crippen LogP contribution < -0.4 is 10.9 Å². The van der Waals surface area contributed by atoms with Gasteiger partial charge in [0, 0.05) is 24.9 Å². The van der Waals surface area contributed by atoms with Gasteiger partial charge in [-0.3, -0.25) is 4.98 Å². The van der Waals surface area contributed by atoms with Crippen molar-refractivity contribution < 1.29 is 4.42 Å². The molecule has 0 radical (unpaired) electrons. The molecule has 0 spiro atoms. The van der Waals surface area contributed by atoms with Crippen LogP contribution in [0.1, 0.15) is 5.69 Å². The van der Waals surface area contributed by atoms with Crippen LogP contribution in [-0.4, -0.2) is 16.5 Å². The zero-order valence-corrected chi connectivity index (χ0v) is 10.7. The number of fused-ring (bicyclic) bond motifs is 1. The van der Waals surface area contributed by atoms with Crippen LogP contribution in [0.5, 0.6) is 0 Å². The van der Waals surface area contributed by atoms with Gasteiger partial charge < -0.3 is 9.73 Å². The maximum Gasteiger partial charge on any atom is 0.348 e. The fourth-order valence-corrected chi connectivity index (χ4v) is 1.94. The van der Waals surface area contributed by atoms with Crippen molar-refractivity contribution in [3.05, 3.63) is 64.8 Å². The van der Waals surface area contributed by atoms with E-state index in [0.717, 1.165) is 12.1 Å². The van der Waals surface area contributed by atoms with Gasteiger partial charge in [0.25, 0.3) is 6.01 Å². The molecule has 0 fully saturated rings. The molecule has 0 atom stereocenters. The lowest BCUT2D eigenvalue weighted by Gasteiger charge is -2.04. The maximum atomic E-state index is 11.8. The predicted molar refractivity (Wildman–Crippen MR) is 76.7 cm³/mol. The minimum atomic E-state index is -0.379. The Bertz CT molecular complexity index is 769. The van der Waals surface area contributed by atoms with Crippen molar-refractivity contribution in [3.63, 3.8) is 0 Å². The molecule has 1 aromatic carbocycles. The molecule has 3 rings (SSSR count). The van der Waals surface area contributed by atoms with Crippen molar-refractivity contribution >= 4 is 16.9 Å². The first-order chi connectivity index (χ1) is 9.83. The molecule has 100 valence electrons. The first-order valence-corrected chi connectivity index (χ1v) is 6.36. The Balaban J connectivity index is 1.73. The molecule has 20 heavy (non-hydrogen) atoms. The Morgan fingerprint density at radius 2 is 1.95 bits per heavy atom. The number of aromatic nitrogens is 2. The topological polar surface area (TPSA) is 68.0 Å². The minimum absolute atomic E-state index is 0.240. The minimum Gasteiger partial charge on any atom is -0.389 e. The number of benzene rings is 1. The summed E-state index contributed by atoms with van der Waals surface area (Å²) < 4.78 is 5.13. The summed E-state index contributed by atoms with van der Waals surface area (Å²) in [5.74, 6) is 0. The number of anilines is 1. The largest absolute Gasteiger partial charge is 0.389 e. The molecule has 0 aliphatic rings. The van der Waals surface area contributed by atoms with E-state index in [1.807, 2.05) is 24.3 Å². The van der Waals surface area contributed by atoms with Gasteiger partial charge in [0.2, 0.25) is 0 Å². The van der Waals surface area contributed by atoms with Crippen molar-refractivity contribution in [2.24, 2.45) is 0 Å². The molecule has 5 nitrogen and oxygen atoms in total. The second kappa shape index (κ2) is 5.52. The monoisotopic (exact) mass is 267 g/mol. The van der Waals surface area contributed by atoms with Crippen LogP contribution >= 0.6 is 0 Å². The molecule has 0 unspecified atom stereocenters. The molecular formula is C15H13N3O2. The average Bonchev–Trinajstić information content (AvgIpc) is 2.48. The Morgan fingerprint density at radius 1 is 1.10 bits per heavy atom. The third kappa shape index (κ3) is 2.66. The van der Waals surface area contributed by atoms with Gasteiger partial charge in [0.15, 0.2) is 0 Å². The lowest BCUT2D eigenvalue weighted by Crippen LogP contribution is -2.10. The zero-order chi connectivity index (χ0) is 13.8. The van der Waals surface area contributed by atoms with E-state index < -0.39 is 0 Å². The van der Waals surface area contributed by atoms with E-state index in [4.69, 9.17) is 4.42 Å². The van der Waals surface area contributed by atoms with Crippen LogP contribution in [0.4, 0.5) is 6.01 Å². The number of pyridine rings is 1. The Labute approximate surface area is 115 Å². The number of hydrogen-bond donors (Lipinski definition) is 1. The van der Waals surface area contributed by atoms with Gasteiger partial charge in [-0.15, -0.1) is 0 Å². The summed E-state index contributed by atoms with van der Waals surface area (Å²) in [4.78, 5) is 20.3. The van der Waals surface area contributed by atoms with Gasteiger partial charge in [-0.1, -0.05) is 18.2 Å². The second-order valence-corrected chi connectivity index (χ2v) is 4.32. The fraction of sp³-hybridized carbons (Fsp3) is 0.133. The maximum absolute atomic E-state index is 11.8. The molecule has 0 aliphatic heterocycles. The van der Waals surface area contributed by atoms with Crippen molar-refractivity contribution in [3.8, 4) is 0 Å². The molecule has 0 aliphatic carbocycles. The van der Waals surface area contributed by atoms with Crippen LogP contribution in [0, 0.1) is 0 Å². The molecule has 0 saturated heterocycles. The molecule has 3 aromatic rings. The Kier molecular flexibility index (Phi) is 3.41. The molecule has 5 heteroatoms. The van der Waals surface area contributed by atoms with E-state index in [1.54, 1.807) is 24.4 Å². The summed E-state index contributed by atoms with van der Waals surface area (Å²) in [5, 5.41) is 3.50. The first-order valence-electron chi connectivity index (χ1n) is 6.36. The summed E-state index contributed by atoms with van der Waals surface area (Å²) in [6.07, 6.45) is 2.49. The standard InChI is InChI=1S/C15H13N3O2/c19-14-12-6-1-2-7-13(12)18-15(20-14)17-10-8-11-5-3-4-9-16-11/h1-7,9H,8,10H2,(H,17,18). The highest BCUT2D eigenvalue weighted by molar-refractivity contribution is 5.77. The zero-order valence-electron chi connectivity index (χ0n) is 10.7. The molecule has 0 bridgehead atoms. The third-order valence-corrected chi connectivity index (χ3v) is 2.92. The smallest absolute Gasteiger partial charge is 0.348 e. The predicted octanol–water partition coefficient (Wildman–Crippen LogP) is 2.24. The van der Waals surface area contributed by atoms with Crippen molar-refractivity contribution in [2.75, 3.05) is 11.9 Å². The number of para-hydroxylation sites is 1. The van der Waals surface area contributed by atoms with Crippen LogP contribution in [0.2, 0.25) is 0 Å². The number of rotatable bonds is 4. The molecule has 2 aromatic heterocycles. The van der Waals surface area contributed by atoms with Gasteiger partial charge in [0.05, 0.1) is 10.9 Å². The molecule has 0 saturated carbocycles. The average molecular weight is 267 g/mol. The van der Waals surface area contributed by atoms with E-state index in [-0.39, 0.29) is 11.6 Å². The summed E-state index contributed by atoms with van der Waals surface area (Å²) >= 11 is 0. The van der Waals surface area contributed by atoms with Gasteiger partial charge >= 0.3 is 5.63 Å². The lowest BCUT2D eigenvalue weighted by molar-refractivity contribution is 0.516. The van der Waals surface area contributed by atoms with Crippen molar-refractivity contribution in [1.82, 2.24) is 9.97 Å². The normalized spacial score (nSPS) is 10.6. The fourth-order valence-electron chi connectivity index (χ4n) is 1.94. The second-order valence-electron chi connectivity index (χ2n) is 4.32. The molecule has 1 N–H and O–H groups in total. The van der Waals surface area contributed by atoms with Crippen LogP contribution in [0.3, 0.4) is 0 Å². The van der Waals surface area contributed by atoms with Gasteiger partial charge in [-0.2, -0.15) is 4.98 Å². The van der Waals surface area contributed by atoms with E-state index in [9.17, 15) is 4.79 Å². The summed E-state index contributed by atoms with van der Waals surface area (Å²) in [7, 11) is 0. The van der Waals surface area contributed by atoms with Gasteiger partial charge in [-0.25, -0.2) is 4.79 Å². The number of nitrogens with one attached hydrogen (secondary N) is 1. The highest BCUT2D eigenvalue weighted by atomic mass is 16.4. The Hall–Kier alpha value is -2.69. The molecule has 2 heterocycles. The highest BCUT2D eigenvalue weighted by Gasteiger charge is 2.04. The molecular weight excluding hydrogens is 254 g/mol. The SMILES string of the molecule is O=c1oc(NCCc2ccccn2)nc2ccccc12. The highest BCUT2D eigenvalue weighted by Crippen LogP contribution is 2.10. The van der Waals surface area contributed by atoms with Crippen LogP contribution in [0.15, 0.2) is 57.9 Å².